The number of hydrogen-bond donors (Lipinski definition) is 0. The van der Waals surface area contributed by atoms with Crippen molar-refractivity contribution in [1.82, 2.24) is 0 Å². The van der Waals surface area contributed by atoms with Crippen LogP contribution in [0.3, 0.4) is 0 Å². The van der Waals surface area contributed by atoms with Gasteiger partial charge in [-0.3, -0.25) is 4.79 Å². The van der Waals surface area contributed by atoms with Crippen molar-refractivity contribution in [3.63, 3.8) is 0 Å². The molecule has 0 N–H and O–H groups in total. The summed E-state index contributed by atoms with van der Waals surface area (Å²) in [5.41, 5.74) is 2.01. The maximum Gasteiger partial charge on any atom is 0.305 e. The van der Waals surface area contributed by atoms with E-state index < -0.39 is 0 Å². The number of esters is 1. The first-order chi connectivity index (χ1) is 9.94. The van der Waals surface area contributed by atoms with Gasteiger partial charge in [0.05, 0.1) is 0 Å². The van der Waals surface area contributed by atoms with Crippen molar-refractivity contribution < 1.29 is 13.9 Å². The number of halogens is 1. The van der Waals surface area contributed by atoms with E-state index in [1.807, 2.05) is 19.9 Å². The van der Waals surface area contributed by atoms with Gasteiger partial charge in [-0.2, -0.15) is 0 Å². The van der Waals surface area contributed by atoms with Crippen molar-refractivity contribution in [3.8, 4) is 0 Å². The van der Waals surface area contributed by atoms with Crippen LogP contribution in [0.5, 0.6) is 0 Å². The van der Waals surface area contributed by atoms with Crippen LogP contribution >= 0.6 is 0 Å². The van der Waals surface area contributed by atoms with Crippen LogP contribution < -0.4 is 0 Å². The highest BCUT2D eigenvalue weighted by molar-refractivity contribution is 5.69. The van der Waals surface area contributed by atoms with Gasteiger partial charge in [0.1, 0.15) is 11.9 Å². The van der Waals surface area contributed by atoms with Gasteiger partial charge in [-0.25, -0.2) is 4.39 Å². The Morgan fingerprint density at radius 1 is 1.24 bits per heavy atom. The second-order valence-corrected chi connectivity index (χ2v) is 5.65. The van der Waals surface area contributed by atoms with Gasteiger partial charge in [-0.15, -0.1) is 0 Å². The number of hydrogen-bond acceptors (Lipinski definition) is 2. The lowest BCUT2D eigenvalue weighted by Gasteiger charge is -2.32. The van der Waals surface area contributed by atoms with Gasteiger partial charge in [0.2, 0.25) is 0 Å². The fourth-order valence-corrected chi connectivity index (χ4v) is 3.06. The molecule has 21 heavy (non-hydrogen) atoms. The van der Waals surface area contributed by atoms with Crippen LogP contribution in [-0.2, 0) is 9.53 Å². The van der Waals surface area contributed by atoms with E-state index in [0.29, 0.717) is 12.3 Å². The maximum atomic E-state index is 13.4. The number of rotatable bonds is 7. The third-order valence-electron chi connectivity index (χ3n) is 4.26. The topological polar surface area (TPSA) is 26.3 Å². The molecule has 0 aliphatic carbocycles. The van der Waals surface area contributed by atoms with Crippen molar-refractivity contribution in [1.29, 1.82) is 0 Å². The summed E-state index contributed by atoms with van der Waals surface area (Å²) in [5, 5.41) is 0. The van der Waals surface area contributed by atoms with Crippen LogP contribution in [0.4, 0.5) is 4.39 Å². The lowest BCUT2D eigenvalue weighted by atomic mass is 9.78. The van der Waals surface area contributed by atoms with Gasteiger partial charge in [0, 0.05) is 12.3 Å². The van der Waals surface area contributed by atoms with Gasteiger partial charge in [-0.05, 0) is 43.0 Å². The molecular formula is C18H27FO2. The summed E-state index contributed by atoms with van der Waals surface area (Å²) in [7, 11) is 0. The summed E-state index contributed by atoms with van der Waals surface area (Å²) in [4.78, 5) is 11.6. The number of ether oxygens (including phenoxy) is 1. The Morgan fingerprint density at radius 3 is 2.33 bits per heavy atom. The molecule has 118 valence electrons. The Balaban J connectivity index is 3.15. The zero-order valence-electron chi connectivity index (χ0n) is 13.8. The van der Waals surface area contributed by atoms with Gasteiger partial charge in [-0.1, -0.05) is 39.7 Å². The first kappa shape index (κ1) is 17.7. The molecule has 2 unspecified atom stereocenters. The number of benzene rings is 1. The minimum Gasteiger partial charge on any atom is -0.462 e. The quantitative estimate of drug-likeness (QED) is 0.662. The highest BCUT2D eigenvalue weighted by atomic mass is 19.1. The largest absolute Gasteiger partial charge is 0.462 e. The van der Waals surface area contributed by atoms with Gasteiger partial charge in [0.25, 0.3) is 0 Å². The van der Waals surface area contributed by atoms with Crippen molar-refractivity contribution in [2.75, 3.05) is 0 Å². The van der Waals surface area contributed by atoms with Crippen molar-refractivity contribution in [2.24, 2.45) is 5.92 Å². The molecule has 0 spiro atoms. The summed E-state index contributed by atoms with van der Waals surface area (Å²) in [6.07, 6.45) is 2.19. The van der Waals surface area contributed by atoms with Crippen LogP contribution in [-0.4, -0.2) is 12.1 Å². The van der Waals surface area contributed by atoms with E-state index in [0.717, 1.165) is 24.0 Å². The van der Waals surface area contributed by atoms with E-state index in [1.54, 1.807) is 13.0 Å². The molecule has 0 aromatic heterocycles. The molecule has 0 bridgehead atoms. The number of carbonyl (C=O) groups excluding carboxylic acids is 1. The van der Waals surface area contributed by atoms with Gasteiger partial charge in [0.15, 0.2) is 0 Å². The van der Waals surface area contributed by atoms with Crippen LogP contribution in [0, 0.1) is 18.7 Å². The van der Waals surface area contributed by atoms with Gasteiger partial charge >= 0.3 is 5.97 Å². The maximum absolute atomic E-state index is 13.4. The van der Waals surface area contributed by atoms with E-state index in [2.05, 4.69) is 13.8 Å². The predicted octanol–water partition coefficient (Wildman–Crippen LogP) is 5.00. The molecule has 2 nitrogen and oxygen atoms in total. The predicted molar refractivity (Wildman–Crippen MR) is 83.8 cm³/mol. The SMILES string of the molecule is CCC(=O)OC(C)C(c1ccc(F)cc1C)C(CC)CC. The summed E-state index contributed by atoms with van der Waals surface area (Å²) in [5.74, 6) is 0.112. The summed E-state index contributed by atoms with van der Waals surface area (Å²) < 4.78 is 18.9. The molecule has 0 saturated carbocycles. The van der Waals surface area contributed by atoms with E-state index in [9.17, 15) is 9.18 Å². The van der Waals surface area contributed by atoms with Crippen LogP contribution in [0.15, 0.2) is 18.2 Å². The molecular weight excluding hydrogens is 267 g/mol. The molecule has 1 aromatic carbocycles. The van der Waals surface area contributed by atoms with Crippen molar-refractivity contribution >= 4 is 5.97 Å². The first-order valence-electron chi connectivity index (χ1n) is 7.90. The standard InChI is InChI=1S/C18H27FO2/c1-6-14(7-2)18(13(5)21-17(20)8-3)16-10-9-15(19)11-12(16)4/h9-11,13-14,18H,6-8H2,1-5H3. The molecule has 0 heterocycles. The zero-order valence-corrected chi connectivity index (χ0v) is 13.8. The average molecular weight is 294 g/mol. The Labute approximate surface area is 127 Å². The van der Waals surface area contributed by atoms with E-state index in [4.69, 9.17) is 4.74 Å². The third-order valence-corrected chi connectivity index (χ3v) is 4.26. The van der Waals surface area contributed by atoms with Crippen LogP contribution in [0.25, 0.3) is 0 Å². The number of carbonyl (C=O) groups is 1. The van der Waals surface area contributed by atoms with Crippen LogP contribution in [0.1, 0.15) is 64.0 Å². The molecule has 0 fully saturated rings. The van der Waals surface area contributed by atoms with Crippen molar-refractivity contribution in [2.45, 2.75) is 65.9 Å². The molecule has 0 aliphatic rings. The number of aryl methyl sites for hydroxylation is 1. The fraction of sp³-hybridized carbons (Fsp3) is 0.611. The highest BCUT2D eigenvalue weighted by Gasteiger charge is 2.29. The fourth-order valence-electron chi connectivity index (χ4n) is 3.06. The molecule has 0 amide bonds. The summed E-state index contributed by atoms with van der Waals surface area (Å²) in [6, 6.07) is 4.88. The van der Waals surface area contributed by atoms with E-state index in [1.165, 1.54) is 6.07 Å². The smallest absolute Gasteiger partial charge is 0.305 e. The summed E-state index contributed by atoms with van der Waals surface area (Å²) in [6.45, 7) is 9.95. The van der Waals surface area contributed by atoms with Crippen molar-refractivity contribution in [3.05, 3.63) is 35.1 Å². The van der Waals surface area contributed by atoms with Gasteiger partial charge < -0.3 is 4.74 Å². The van der Waals surface area contributed by atoms with E-state index in [-0.39, 0.29) is 23.8 Å². The Morgan fingerprint density at radius 2 is 1.86 bits per heavy atom. The molecule has 1 aromatic rings. The Kier molecular flexibility index (Phi) is 6.86. The average Bonchev–Trinajstić information content (AvgIpc) is 2.45. The Bertz CT molecular complexity index is 466. The first-order valence-corrected chi connectivity index (χ1v) is 7.90. The normalized spacial score (nSPS) is 14.0. The molecule has 1 rings (SSSR count). The minimum absolute atomic E-state index is 0.107. The molecule has 3 heteroatoms. The lowest BCUT2D eigenvalue weighted by molar-refractivity contribution is -0.149. The summed E-state index contributed by atoms with van der Waals surface area (Å²) >= 11 is 0. The third kappa shape index (κ3) is 4.55. The van der Waals surface area contributed by atoms with E-state index >= 15 is 0 Å². The monoisotopic (exact) mass is 294 g/mol. The second kappa shape index (κ2) is 8.16. The second-order valence-electron chi connectivity index (χ2n) is 5.65. The zero-order chi connectivity index (χ0) is 16.0. The molecule has 0 aliphatic heterocycles. The molecule has 0 saturated heterocycles. The van der Waals surface area contributed by atoms with Crippen LogP contribution in [0.2, 0.25) is 0 Å². The highest BCUT2D eigenvalue weighted by Crippen LogP contribution is 2.36. The Hall–Kier alpha value is -1.38. The molecule has 0 radical (unpaired) electrons. The lowest BCUT2D eigenvalue weighted by Crippen LogP contribution is -2.28. The molecule has 2 atom stereocenters. The minimum atomic E-state index is -0.224.